The normalized spacial score (nSPS) is 24.1. The van der Waals surface area contributed by atoms with Gasteiger partial charge in [-0.05, 0) is 36.1 Å². The molecule has 2 atom stereocenters. The van der Waals surface area contributed by atoms with Crippen LogP contribution in [0.5, 0.6) is 0 Å². The Hall–Kier alpha value is -2.18. The van der Waals surface area contributed by atoms with Crippen molar-refractivity contribution in [2.75, 3.05) is 23.0 Å². The molecular weight excluding hydrogens is 384 g/mol. The number of sulfone groups is 1. The Morgan fingerprint density at radius 1 is 0.966 bits per heavy atom. The van der Waals surface area contributed by atoms with Gasteiger partial charge in [-0.1, -0.05) is 55.8 Å². The van der Waals surface area contributed by atoms with Crippen LogP contribution in [0.1, 0.15) is 36.5 Å². The van der Waals surface area contributed by atoms with Crippen LogP contribution >= 0.6 is 0 Å². The summed E-state index contributed by atoms with van der Waals surface area (Å²) in [6, 6.07) is 15.6. The number of amides is 1. The summed E-state index contributed by atoms with van der Waals surface area (Å²) in [5.41, 5.74) is 4.28. The van der Waals surface area contributed by atoms with E-state index >= 15 is 0 Å². The average Bonchev–Trinajstić information content (AvgIpc) is 2.99. The number of hydrogen-bond acceptors (Lipinski definition) is 4. The minimum absolute atomic E-state index is 0.0275. The summed E-state index contributed by atoms with van der Waals surface area (Å²) in [4.78, 5) is 16.9. The highest BCUT2D eigenvalue weighted by Gasteiger charge is 2.49. The number of benzene rings is 2. The minimum atomic E-state index is -3.18. The molecule has 0 spiro atoms. The zero-order valence-corrected chi connectivity index (χ0v) is 18.0. The van der Waals surface area contributed by atoms with Gasteiger partial charge in [0.2, 0.25) is 5.91 Å². The van der Waals surface area contributed by atoms with Gasteiger partial charge in [-0.15, -0.1) is 0 Å². The van der Waals surface area contributed by atoms with Crippen molar-refractivity contribution in [3.05, 3.63) is 65.2 Å². The van der Waals surface area contributed by atoms with Crippen molar-refractivity contribution in [1.82, 2.24) is 4.90 Å². The van der Waals surface area contributed by atoms with Crippen LogP contribution < -0.4 is 4.90 Å². The second kappa shape index (κ2) is 7.58. The Kier molecular flexibility index (Phi) is 5.25. The van der Waals surface area contributed by atoms with Gasteiger partial charge in [-0.25, -0.2) is 8.42 Å². The molecule has 2 saturated heterocycles. The number of nitrogens with zero attached hydrogens (tertiary/aromatic N) is 2. The van der Waals surface area contributed by atoms with Crippen molar-refractivity contribution in [3.8, 4) is 0 Å². The molecule has 154 valence electrons. The van der Waals surface area contributed by atoms with Gasteiger partial charge in [-0.3, -0.25) is 9.69 Å². The van der Waals surface area contributed by atoms with E-state index in [2.05, 4.69) is 26.0 Å². The smallest absolute Gasteiger partial charge is 0.241 e. The molecule has 2 aliphatic heterocycles. The molecule has 2 unspecified atom stereocenters. The number of hydrogen-bond donors (Lipinski definition) is 0. The van der Waals surface area contributed by atoms with E-state index in [0.717, 1.165) is 11.3 Å². The average molecular weight is 413 g/mol. The van der Waals surface area contributed by atoms with Crippen LogP contribution in [-0.4, -0.2) is 49.4 Å². The molecule has 5 nitrogen and oxygen atoms in total. The lowest BCUT2D eigenvalue weighted by Gasteiger charge is -2.43. The number of aryl methyl sites for hydroxylation is 1. The number of fused-ring (bicyclic) bond motifs is 1. The number of carbonyl (C=O) groups excluding carboxylic acids is 1. The molecule has 2 heterocycles. The Bertz CT molecular complexity index is 997. The van der Waals surface area contributed by atoms with Crippen LogP contribution in [-0.2, 0) is 21.2 Å². The van der Waals surface area contributed by atoms with Crippen LogP contribution in [0.4, 0.5) is 5.69 Å². The predicted molar refractivity (Wildman–Crippen MR) is 116 cm³/mol. The third-order valence-corrected chi connectivity index (χ3v) is 7.74. The summed E-state index contributed by atoms with van der Waals surface area (Å²) in [5, 5.41) is 0. The van der Waals surface area contributed by atoms with Gasteiger partial charge >= 0.3 is 0 Å². The summed E-state index contributed by atoms with van der Waals surface area (Å²) in [5.74, 6) is 0.510. The van der Waals surface area contributed by atoms with E-state index in [9.17, 15) is 13.2 Å². The highest BCUT2D eigenvalue weighted by Crippen LogP contribution is 2.33. The first-order valence-corrected chi connectivity index (χ1v) is 12.0. The maximum absolute atomic E-state index is 13.1. The van der Waals surface area contributed by atoms with Gasteiger partial charge in [0.25, 0.3) is 0 Å². The lowest BCUT2D eigenvalue weighted by molar-refractivity contribution is -0.123. The van der Waals surface area contributed by atoms with E-state index in [1.807, 2.05) is 48.2 Å². The summed E-state index contributed by atoms with van der Waals surface area (Å²) >= 11 is 0. The molecule has 2 fully saturated rings. The maximum Gasteiger partial charge on any atom is 0.241 e. The number of anilines is 1. The Balaban J connectivity index is 1.63. The fourth-order valence-corrected chi connectivity index (χ4v) is 6.40. The number of piperazine rings is 1. The fourth-order valence-electron chi connectivity index (χ4n) is 4.41. The van der Waals surface area contributed by atoms with Crippen LogP contribution in [0.15, 0.2) is 48.5 Å². The monoisotopic (exact) mass is 412 g/mol. The summed E-state index contributed by atoms with van der Waals surface area (Å²) < 4.78 is 25.0. The maximum atomic E-state index is 13.1. The van der Waals surface area contributed by atoms with Gasteiger partial charge < -0.3 is 4.90 Å². The van der Waals surface area contributed by atoms with Crippen LogP contribution in [0.3, 0.4) is 0 Å². The first-order valence-electron chi connectivity index (χ1n) is 10.2. The zero-order chi connectivity index (χ0) is 20.8. The molecule has 2 aromatic rings. The molecule has 2 aliphatic rings. The largest absolute Gasteiger partial charge is 0.306 e. The van der Waals surface area contributed by atoms with Crippen molar-refractivity contribution in [1.29, 1.82) is 0 Å². The van der Waals surface area contributed by atoms with Gasteiger partial charge in [0, 0.05) is 18.3 Å². The molecule has 2 aromatic carbocycles. The lowest BCUT2D eigenvalue weighted by Crippen LogP contribution is -2.61. The molecular formula is C23H28N2O3S. The van der Waals surface area contributed by atoms with Gasteiger partial charge in [0.1, 0.15) is 0 Å². The van der Waals surface area contributed by atoms with Gasteiger partial charge in [-0.2, -0.15) is 0 Å². The topological polar surface area (TPSA) is 57.7 Å². The minimum Gasteiger partial charge on any atom is -0.306 e. The molecule has 0 bridgehead atoms. The van der Waals surface area contributed by atoms with Crippen molar-refractivity contribution < 1.29 is 13.2 Å². The standard InChI is InChI=1S/C23H28N2O3S/c1-16(2)19-8-10-20(11-9-19)25-22-15-29(27,28)14-21(22)24(13-23(25)26)12-18-6-4-17(3)5-7-18/h4-11,16,21-22H,12-15H2,1-3H3. The molecule has 0 radical (unpaired) electrons. The van der Waals surface area contributed by atoms with Crippen molar-refractivity contribution in [2.45, 2.75) is 45.3 Å². The Labute approximate surface area is 173 Å². The van der Waals surface area contributed by atoms with E-state index in [0.29, 0.717) is 12.5 Å². The number of carbonyl (C=O) groups is 1. The first kappa shape index (κ1) is 20.1. The SMILES string of the molecule is Cc1ccc(CN2CC(=O)N(c3ccc(C(C)C)cc3)C3CS(=O)(=O)CC32)cc1. The quantitative estimate of drug-likeness (QED) is 0.774. The van der Waals surface area contributed by atoms with Gasteiger partial charge in [0.15, 0.2) is 9.84 Å². The Morgan fingerprint density at radius 3 is 2.21 bits per heavy atom. The molecule has 4 rings (SSSR count). The Morgan fingerprint density at radius 2 is 1.59 bits per heavy atom. The summed E-state index contributed by atoms with van der Waals surface area (Å²) in [6.07, 6.45) is 0. The molecule has 29 heavy (non-hydrogen) atoms. The predicted octanol–water partition coefficient (Wildman–Crippen LogP) is 3.13. The van der Waals surface area contributed by atoms with E-state index in [1.165, 1.54) is 11.1 Å². The third kappa shape index (κ3) is 4.09. The van der Waals surface area contributed by atoms with Crippen molar-refractivity contribution in [2.24, 2.45) is 0 Å². The molecule has 1 amide bonds. The number of rotatable bonds is 4. The van der Waals surface area contributed by atoms with Crippen LogP contribution in [0.2, 0.25) is 0 Å². The summed E-state index contributed by atoms with van der Waals surface area (Å²) in [6.45, 7) is 7.11. The fraction of sp³-hybridized carbons (Fsp3) is 0.435. The van der Waals surface area contributed by atoms with Crippen LogP contribution in [0, 0.1) is 6.92 Å². The van der Waals surface area contributed by atoms with Crippen molar-refractivity contribution >= 4 is 21.4 Å². The van der Waals surface area contributed by atoms with E-state index in [-0.39, 0.29) is 36.0 Å². The molecule has 0 aromatic heterocycles. The van der Waals surface area contributed by atoms with E-state index in [1.54, 1.807) is 4.90 Å². The zero-order valence-electron chi connectivity index (χ0n) is 17.2. The molecule has 0 N–H and O–H groups in total. The molecule has 0 saturated carbocycles. The van der Waals surface area contributed by atoms with Gasteiger partial charge in [0.05, 0.1) is 24.1 Å². The van der Waals surface area contributed by atoms with Crippen LogP contribution in [0.25, 0.3) is 0 Å². The lowest BCUT2D eigenvalue weighted by atomic mass is 9.99. The summed E-state index contributed by atoms with van der Waals surface area (Å²) in [7, 11) is -3.18. The second-order valence-corrected chi connectivity index (χ2v) is 10.8. The highest BCUT2D eigenvalue weighted by molar-refractivity contribution is 7.91. The van der Waals surface area contributed by atoms with Crippen molar-refractivity contribution in [3.63, 3.8) is 0 Å². The van der Waals surface area contributed by atoms with E-state index in [4.69, 9.17) is 0 Å². The second-order valence-electron chi connectivity index (χ2n) is 8.61. The highest BCUT2D eigenvalue weighted by atomic mass is 32.2. The van der Waals surface area contributed by atoms with E-state index < -0.39 is 9.84 Å². The molecule has 6 heteroatoms. The third-order valence-electron chi connectivity index (χ3n) is 6.05. The first-order chi connectivity index (χ1) is 13.7. The molecule has 0 aliphatic carbocycles.